The number of urea groups is 1. The molecule has 17 heavy (non-hydrogen) atoms. The first kappa shape index (κ1) is 13.4. The van der Waals surface area contributed by atoms with Crippen molar-refractivity contribution in [2.45, 2.75) is 6.42 Å². The standard InChI is InChI=1S/C11H12ClFN2O2/c12-7-10(16)15-11(17)14-6-5-8-1-3-9(13)4-2-8/h1-4H,5-7H2,(H2,14,15,16,17). The van der Waals surface area contributed by atoms with Crippen molar-refractivity contribution in [3.63, 3.8) is 0 Å². The minimum Gasteiger partial charge on any atom is -0.337 e. The third-order valence-corrected chi connectivity index (χ3v) is 2.23. The van der Waals surface area contributed by atoms with Crippen molar-refractivity contribution in [3.8, 4) is 0 Å². The minimum atomic E-state index is -0.585. The molecule has 92 valence electrons. The van der Waals surface area contributed by atoms with Crippen molar-refractivity contribution < 1.29 is 14.0 Å². The van der Waals surface area contributed by atoms with Gasteiger partial charge in [0.25, 0.3) is 0 Å². The molecular weight excluding hydrogens is 247 g/mol. The van der Waals surface area contributed by atoms with Crippen LogP contribution in [-0.4, -0.2) is 24.4 Å². The summed E-state index contributed by atoms with van der Waals surface area (Å²) in [7, 11) is 0. The lowest BCUT2D eigenvalue weighted by Gasteiger charge is -2.05. The molecule has 0 radical (unpaired) electrons. The highest BCUT2D eigenvalue weighted by Gasteiger charge is 2.04. The van der Waals surface area contributed by atoms with Crippen LogP contribution in [0.2, 0.25) is 0 Å². The fraction of sp³-hybridized carbons (Fsp3) is 0.273. The summed E-state index contributed by atoms with van der Waals surface area (Å²) in [5.74, 6) is -1.11. The Labute approximate surface area is 103 Å². The van der Waals surface area contributed by atoms with Crippen LogP contribution in [0.25, 0.3) is 0 Å². The van der Waals surface area contributed by atoms with Crippen LogP contribution in [0, 0.1) is 5.82 Å². The van der Waals surface area contributed by atoms with Gasteiger partial charge in [0.2, 0.25) is 5.91 Å². The Balaban J connectivity index is 2.26. The molecule has 1 aromatic rings. The number of halogens is 2. The molecule has 1 rings (SSSR count). The molecule has 0 saturated carbocycles. The molecule has 0 aromatic heterocycles. The summed E-state index contributed by atoms with van der Waals surface area (Å²) in [4.78, 5) is 21.8. The summed E-state index contributed by atoms with van der Waals surface area (Å²) in [5.41, 5.74) is 0.898. The fourth-order valence-corrected chi connectivity index (χ4v) is 1.24. The fourth-order valence-electron chi connectivity index (χ4n) is 1.18. The van der Waals surface area contributed by atoms with Gasteiger partial charge in [-0.15, -0.1) is 11.6 Å². The zero-order valence-corrected chi connectivity index (χ0v) is 9.76. The van der Waals surface area contributed by atoms with E-state index in [4.69, 9.17) is 11.6 Å². The van der Waals surface area contributed by atoms with E-state index in [1.54, 1.807) is 12.1 Å². The van der Waals surface area contributed by atoms with Gasteiger partial charge in [-0.3, -0.25) is 10.1 Å². The normalized spacial score (nSPS) is 9.76. The Bertz CT molecular complexity index is 395. The summed E-state index contributed by atoms with van der Waals surface area (Å²) in [6.45, 7) is 0.354. The van der Waals surface area contributed by atoms with Crippen molar-refractivity contribution >= 4 is 23.5 Å². The largest absolute Gasteiger partial charge is 0.337 e. The molecule has 0 aliphatic carbocycles. The zero-order chi connectivity index (χ0) is 12.7. The first-order chi connectivity index (χ1) is 8.11. The molecule has 1 aromatic carbocycles. The lowest BCUT2D eigenvalue weighted by atomic mass is 10.1. The van der Waals surface area contributed by atoms with E-state index in [1.807, 2.05) is 5.32 Å². The van der Waals surface area contributed by atoms with Gasteiger partial charge in [-0.2, -0.15) is 0 Å². The van der Waals surface area contributed by atoms with Crippen LogP contribution in [-0.2, 0) is 11.2 Å². The van der Waals surface area contributed by atoms with Gasteiger partial charge in [0, 0.05) is 6.54 Å². The summed E-state index contributed by atoms with van der Waals surface area (Å²) in [6, 6.07) is 5.40. The first-order valence-electron chi connectivity index (χ1n) is 5.00. The number of imide groups is 1. The highest BCUT2D eigenvalue weighted by molar-refractivity contribution is 6.28. The third kappa shape index (κ3) is 5.31. The number of carbonyl (C=O) groups is 2. The number of nitrogens with one attached hydrogen (secondary N) is 2. The van der Waals surface area contributed by atoms with Crippen LogP contribution in [0.4, 0.5) is 9.18 Å². The maximum Gasteiger partial charge on any atom is 0.321 e. The highest BCUT2D eigenvalue weighted by Crippen LogP contribution is 2.02. The Kier molecular flexibility index (Phi) is 5.42. The first-order valence-corrected chi connectivity index (χ1v) is 5.53. The Hall–Kier alpha value is -1.62. The number of benzene rings is 1. The van der Waals surface area contributed by atoms with Gasteiger partial charge >= 0.3 is 6.03 Å². The maximum atomic E-state index is 12.6. The van der Waals surface area contributed by atoms with Crippen LogP contribution in [0.5, 0.6) is 0 Å². The molecule has 0 bridgehead atoms. The molecule has 0 fully saturated rings. The van der Waals surface area contributed by atoms with E-state index >= 15 is 0 Å². The summed E-state index contributed by atoms with van der Waals surface area (Å²) >= 11 is 5.21. The van der Waals surface area contributed by atoms with E-state index in [9.17, 15) is 14.0 Å². The van der Waals surface area contributed by atoms with E-state index in [1.165, 1.54) is 12.1 Å². The van der Waals surface area contributed by atoms with E-state index in [-0.39, 0.29) is 11.7 Å². The molecule has 0 aliphatic rings. The summed E-state index contributed by atoms with van der Waals surface area (Å²) < 4.78 is 12.6. The average Bonchev–Trinajstić information content (AvgIpc) is 2.31. The van der Waals surface area contributed by atoms with E-state index in [2.05, 4.69) is 5.32 Å². The molecule has 3 amide bonds. The molecule has 6 heteroatoms. The van der Waals surface area contributed by atoms with Crippen LogP contribution >= 0.6 is 11.6 Å². The Morgan fingerprint density at radius 3 is 2.47 bits per heavy atom. The number of amides is 3. The smallest absolute Gasteiger partial charge is 0.321 e. The van der Waals surface area contributed by atoms with Crippen LogP contribution in [0.15, 0.2) is 24.3 Å². The van der Waals surface area contributed by atoms with Gasteiger partial charge in [-0.25, -0.2) is 9.18 Å². The van der Waals surface area contributed by atoms with E-state index in [0.717, 1.165) is 5.56 Å². The molecule has 0 atom stereocenters. The lowest BCUT2D eigenvalue weighted by Crippen LogP contribution is -2.40. The van der Waals surface area contributed by atoms with Gasteiger partial charge in [0.1, 0.15) is 11.7 Å². The van der Waals surface area contributed by atoms with E-state index in [0.29, 0.717) is 13.0 Å². The van der Waals surface area contributed by atoms with Crippen molar-refractivity contribution in [2.24, 2.45) is 0 Å². The monoisotopic (exact) mass is 258 g/mol. The highest BCUT2D eigenvalue weighted by atomic mass is 35.5. The second-order valence-corrected chi connectivity index (χ2v) is 3.58. The minimum absolute atomic E-state index is 0.259. The molecule has 0 aliphatic heterocycles. The Morgan fingerprint density at radius 2 is 1.88 bits per heavy atom. The molecule has 0 saturated heterocycles. The molecule has 0 unspecified atom stereocenters. The third-order valence-electron chi connectivity index (χ3n) is 1.99. The predicted octanol–water partition coefficient (Wildman–Crippen LogP) is 1.43. The van der Waals surface area contributed by atoms with Crippen LogP contribution in [0.3, 0.4) is 0 Å². The lowest BCUT2D eigenvalue weighted by molar-refractivity contribution is -0.117. The summed E-state index contributed by atoms with van der Waals surface area (Å²) in [6.07, 6.45) is 0.558. The number of carbonyl (C=O) groups excluding carboxylic acids is 2. The molecular formula is C11H12ClFN2O2. The van der Waals surface area contributed by atoms with E-state index < -0.39 is 11.9 Å². The van der Waals surface area contributed by atoms with Gasteiger partial charge in [-0.05, 0) is 24.1 Å². The quantitative estimate of drug-likeness (QED) is 0.803. The number of hydrogen-bond acceptors (Lipinski definition) is 2. The van der Waals surface area contributed by atoms with Crippen molar-refractivity contribution in [3.05, 3.63) is 35.6 Å². The topological polar surface area (TPSA) is 58.2 Å². The SMILES string of the molecule is O=C(CCl)NC(=O)NCCc1ccc(F)cc1. The maximum absolute atomic E-state index is 12.6. The molecule has 0 heterocycles. The molecule has 4 nitrogen and oxygen atoms in total. The van der Waals surface area contributed by atoms with Crippen molar-refractivity contribution in [2.75, 3.05) is 12.4 Å². The van der Waals surface area contributed by atoms with Crippen LogP contribution < -0.4 is 10.6 Å². The zero-order valence-electron chi connectivity index (χ0n) is 9.00. The van der Waals surface area contributed by atoms with Gasteiger partial charge < -0.3 is 5.32 Å². The van der Waals surface area contributed by atoms with Crippen molar-refractivity contribution in [1.82, 2.24) is 10.6 Å². The second kappa shape index (κ2) is 6.85. The molecule has 0 spiro atoms. The number of alkyl halides is 1. The van der Waals surface area contributed by atoms with Gasteiger partial charge in [0.05, 0.1) is 0 Å². The summed E-state index contributed by atoms with van der Waals surface area (Å²) in [5, 5.41) is 4.53. The predicted molar refractivity (Wildman–Crippen MR) is 62.4 cm³/mol. The second-order valence-electron chi connectivity index (χ2n) is 3.31. The van der Waals surface area contributed by atoms with Gasteiger partial charge in [-0.1, -0.05) is 12.1 Å². The average molecular weight is 259 g/mol. The van der Waals surface area contributed by atoms with Crippen LogP contribution in [0.1, 0.15) is 5.56 Å². The Morgan fingerprint density at radius 1 is 1.24 bits per heavy atom. The van der Waals surface area contributed by atoms with Gasteiger partial charge in [0.15, 0.2) is 0 Å². The number of rotatable bonds is 4. The number of hydrogen-bond donors (Lipinski definition) is 2. The van der Waals surface area contributed by atoms with Crippen molar-refractivity contribution in [1.29, 1.82) is 0 Å². The molecule has 2 N–H and O–H groups in total.